The molecule has 28 heavy (non-hydrogen) atoms. The molecule has 0 atom stereocenters. The van der Waals surface area contributed by atoms with Crippen molar-refractivity contribution in [3.8, 4) is 0 Å². The van der Waals surface area contributed by atoms with Crippen LogP contribution in [0, 0.1) is 0 Å². The molecule has 0 fully saturated rings. The summed E-state index contributed by atoms with van der Waals surface area (Å²) in [4.78, 5) is 11.4. The molecule has 1 amide bonds. The lowest BCUT2D eigenvalue weighted by Crippen LogP contribution is -2.36. The average molecular weight is 428 g/mol. The summed E-state index contributed by atoms with van der Waals surface area (Å²) < 4.78 is 65.6. The van der Waals surface area contributed by atoms with E-state index < -0.39 is 39.1 Å². The van der Waals surface area contributed by atoms with E-state index in [-0.39, 0.29) is 6.54 Å². The summed E-state index contributed by atoms with van der Waals surface area (Å²) in [6, 6.07) is 11.0. The summed E-state index contributed by atoms with van der Waals surface area (Å²) in [5.41, 5.74) is -0.182. The second-order valence-corrected chi connectivity index (χ2v) is 8.56. The van der Waals surface area contributed by atoms with Crippen LogP contribution >= 0.6 is 11.3 Å². The van der Waals surface area contributed by atoms with Gasteiger partial charge in [-0.25, -0.2) is 13.1 Å². The van der Waals surface area contributed by atoms with E-state index >= 15 is 0 Å². The molecule has 3 aromatic rings. The Morgan fingerprint density at radius 3 is 2.57 bits per heavy atom. The topological polar surface area (TPSA) is 75.3 Å². The van der Waals surface area contributed by atoms with Crippen LogP contribution in [0.2, 0.25) is 0 Å². The number of fused-ring (bicyclic) bond motifs is 1. The maximum Gasteiger partial charge on any atom is 0.416 e. The Labute approximate surface area is 163 Å². The summed E-state index contributed by atoms with van der Waals surface area (Å²) in [7, 11) is -4.25. The van der Waals surface area contributed by atoms with Crippen LogP contribution in [-0.4, -0.2) is 20.9 Å². The number of benzene rings is 2. The molecule has 0 saturated heterocycles. The van der Waals surface area contributed by atoms with Crippen molar-refractivity contribution in [2.24, 2.45) is 0 Å². The van der Waals surface area contributed by atoms with Crippen LogP contribution in [0.15, 0.2) is 58.8 Å². The molecular weight excluding hydrogens is 413 g/mol. The average Bonchev–Trinajstić information content (AvgIpc) is 3.07. The Hall–Kier alpha value is -2.43. The lowest BCUT2D eigenvalue weighted by Gasteiger charge is -2.10. The molecule has 0 unspecified atom stereocenters. The minimum Gasteiger partial charge on any atom is -0.351 e. The van der Waals surface area contributed by atoms with Gasteiger partial charge in [-0.2, -0.15) is 13.2 Å². The minimum atomic E-state index is -4.66. The summed E-state index contributed by atoms with van der Waals surface area (Å²) in [5.74, 6) is -0.592. The van der Waals surface area contributed by atoms with E-state index in [1.54, 1.807) is 0 Å². The smallest absolute Gasteiger partial charge is 0.351 e. The van der Waals surface area contributed by atoms with E-state index in [2.05, 4.69) is 5.32 Å². The molecule has 0 saturated carbocycles. The molecule has 0 spiro atoms. The van der Waals surface area contributed by atoms with Crippen molar-refractivity contribution in [1.82, 2.24) is 10.0 Å². The van der Waals surface area contributed by atoms with Crippen LogP contribution in [0.4, 0.5) is 13.2 Å². The standard InChI is InChI=1S/C18H15F3N2O3S2/c19-18(20,21)13-4-3-5-14(8-13)28(25,26)23-10-17(24)22-9-12-11-27-16-7-2-1-6-15(12)16/h1-8,11,23H,9-10H2,(H,22,24). The number of amides is 1. The van der Waals surface area contributed by atoms with Gasteiger partial charge < -0.3 is 5.32 Å². The summed E-state index contributed by atoms with van der Waals surface area (Å²) in [6.07, 6.45) is -4.66. The van der Waals surface area contributed by atoms with Crippen molar-refractivity contribution in [2.75, 3.05) is 6.54 Å². The Kier molecular flexibility index (Phi) is 5.73. The molecule has 0 aliphatic carbocycles. The van der Waals surface area contributed by atoms with Gasteiger partial charge in [-0.15, -0.1) is 11.3 Å². The summed E-state index contributed by atoms with van der Waals surface area (Å²) in [5, 5.41) is 5.50. The molecule has 2 N–H and O–H groups in total. The molecule has 3 rings (SSSR count). The van der Waals surface area contributed by atoms with Crippen molar-refractivity contribution >= 4 is 37.4 Å². The van der Waals surface area contributed by atoms with Crippen LogP contribution in [-0.2, 0) is 27.5 Å². The molecule has 0 radical (unpaired) electrons. The molecule has 2 aromatic carbocycles. The Balaban J connectivity index is 1.61. The second kappa shape index (κ2) is 7.90. The zero-order valence-electron chi connectivity index (χ0n) is 14.3. The van der Waals surface area contributed by atoms with Crippen LogP contribution in [0.25, 0.3) is 10.1 Å². The van der Waals surface area contributed by atoms with E-state index in [9.17, 15) is 26.4 Å². The Morgan fingerprint density at radius 1 is 1.07 bits per heavy atom. The first-order chi connectivity index (χ1) is 13.2. The van der Waals surface area contributed by atoms with Crippen LogP contribution in [0.3, 0.4) is 0 Å². The van der Waals surface area contributed by atoms with Gasteiger partial charge in [0.15, 0.2) is 0 Å². The van der Waals surface area contributed by atoms with Gasteiger partial charge in [-0.3, -0.25) is 4.79 Å². The molecule has 1 aromatic heterocycles. The van der Waals surface area contributed by atoms with Crippen molar-refractivity contribution < 1.29 is 26.4 Å². The zero-order chi connectivity index (χ0) is 20.4. The first-order valence-electron chi connectivity index (χ1n) is 8.05. The number of carbonyl (C=O) groups is 1. The SMILES string of the molecule is O=C(CNS(=O)(=O)c1cccc(C(F)(F)F)c1)NCc1csc2ccccc12. The minimum absolute atomic E-state index is 0.216. The lowest BCUT2D eigenvalue weighted by molar-refractivity contribution is -0.137. The number of hydrogen-bond donors (Lipinski definition) is 2. The van der Waals surface area contributed by atoms with Gasteiger partial charge in [0.1, 0.15) is 0 Å². The van der Waals surface area contributed by atoms with Crippen molar-refractivity contribution in [3.63, 3.8) is 0 Å². The third-order valence-corrected chi connectivity index (χ3v) is 6.34. The van der Waals surface area contributed by atoms with Crippen LogP contribution < -0.4 is 10.0 Å². The Morgan fingerprint density at radius 2 is 1.82 bits per heavy atom. The zero-order valence-corrected chi connectivity index (χ0v) is 15.9. The highest BCUT2D eigenvalue weighted by molar-refractivity contribution is 7.89. The third kappa shape index (κ3) is 4.70. The van der Waals surface area contributed by atoms with Gasteiger partial charge in [0, 0.05) is 11.2 Å². The number of alkyl halides is 3. The highest BCUT2D eigenvalue weighted by Gasteiger charge is 2.31. The highest BCUT2D eigenvalue weighted by Crippen LogP contribution is 2.30. The molecular formula is C18H15F3N2O3S2. The first-order valence-corrected chi connectivity index (χ1v) is 10.4. The van der Waals surface area contributed by atoms with Crippen molar-refractivity contribution in [2.45, 2.75) is 17.6 Å². The van der Waals surface area contributed by atoms with E-state index in [4.69, 9.17) is 0 Å². The third-order valence-electron chi connectivity index (χ3n) is 3.93. The molecule has 0 aliphatic heterocycles. The second-order valence-electron chi connectivity index (χ2n) is 5.88. The number of sulfonamides is 1. The van der Waals surface area contributed by atoms with Crippen LogP contribution in [0.5, 0.6) is 0 Å². The molecule has 5 nitrogen and oxygen atoms in total. The molecule has 10 heteroatoms. The predicted molar refractivity (Wildman–Crippen MR) is 100 cm³/mol. The maximum absolute atomic E-state index is 12.7. The summed E-state index contributed by atoms with van der Waals surface area (Å²) >= 11 is 1.53. The number of carbonyl (C=O) groups excluding carboxylic acids is 1. The molecule has 0 bridgehead atoms. The fraction of sp³-hybridized carbons (Fsp3) is 0.167. The summed E-state index contributed by atoms with van der Waals surface area (Å²) in [6.45, 7) is -0.366. The monoisotopic (exact) mass is 428 g/mol. The fourth-order valence-electron chi connectivity index (χ4n) is 2.51. The fourth-order valence-corrected chi connectivity index (χ4v) is 4.50. The number of hydrogen-bond acceptors (Lipinski definition) is 4. The number of halogens is 3. The molecule has 148 valence electrons. The molecule has 0 aliphatic rings. The van der Waals surface area contributed by atoms with Gasteiger partial charge in [0.2, 0.25) is 15.9 Å². The normalized spacial score (nSPS) is 12.2. The van der Waals surface area contributed by atoms with Crippen LogP contribution in [0.1, 0.15) is 11.1 Å². The Bertz CT molecular complexity index is 1110. The van der Waals surface area contributed by atoms with E-state index in [0.29, 0.717) is 6.07 Å². The molecule has 1 heterocycles. The van der Waals surface area contributed by atoms with Crippen molar-refractivity contribution in [1.29, 1.82) is 0 Å². The largest absolute Gasteiger partial charge is 0.416 e. The lowest BCUT2D eigenvalue weighted by atomic mass is 10.2. The van der Waals surface area contributed by atoms with Crippen molar-refractivity contribution in [3.05, 3.63) is 65.0 Å². The number of thiophene rings is 1. The highest BCUT2D eigenvalue weighted by atomic mass is 32.2. The van der Waals surface area contributed by atoms with Gasteiger partial charge in [-0.05, 0) is 40.6 Å². The maximum atomic E-state index is 12.7. The van der Waals surface area contributed by atoms with Gasteiger partial charge in [0.25, 0.3) is 0 Å². The number of nitrogens with one attached hydrogen (secondary N) is 2. The van der Waals surface area contributed by atoms with E-state index in [0.717, 1.165) is 33.8 Å². The van der Waals surface area contributed by atoms with E-state index in [1.807, 2.05) is 34.4 Å². The van der Waals surface area contributed by atoms with Gasteiger partial charge in [-0.1, -0.05) is 24.3 Å². The number of rotatable bonds is 6. The predicted octanol–water partition coefficient (Wildman–Crippen LogP) is 3.51. The van der Waals surface area contributed by atoms with Gasteiger partial charge >= 0.3 is 6.18 Å². The van der Waals surface area contributed by atoms with Gasteiger partial charge in [0.05, 0.1) is 17.0 Å². The van der Waals surface area contributed by atoms with E-state index in [1.165, 1.54) is 11.3 Å². The quantitative estimate of drug-likeness (QED) is 0.631. The first kappa shape index (κ1) is 20.3.